The highest BCUT2D eigenvalue weighted by Gasteiger charge is 2.19. The van der Waals surface area contributed by atoms with E-state index in [-0.39, 0.29) is 10.9 Å². The third kappa shape index (κ3) is 6.58. The zero-order valence-electron chi connectivity index (χ0n) is 13.3. The lowest BCUT2D eigenvalue weighted by Crippen LogP contribution is -2.32. The Kier molecular flexibility index (Phi) is 7.92. The van der Waals surface area contributed by atoms with Gasteiger partial charge in [0.1, 0.15) is 4.90 Å². The molecule has 0 aliphatic carbocycles. The Bertz CT molecular complexity index is 499. The van der Waals surface area contributed by atoms with Crippen molar-refractivity contribution < 1.29 is 8.42 Å². The van der Waals surface area contributed by atoms with Crippen molar-refractivity contribution in [1.29, 1.82) is 0 Å². The fraction of sp³-hybridized carbons (Fsp3) is 0.786. The van der Waals surface area contributed by atoms with Crippen LogP contribution >= 0.6 is 0 Å². The Morgan fingerprint density at radius 2 is 2.10 bits per heavy atom. The van der Waals surface area contributed by atoms with E-state index in [4.69, 9.17) is 0 Å². The highest BCUT2D eigenvalue weighted by atomic mass is 32.2. The van der Waals surface area contributed by atoms with Crippen molar-refractivity contribution in [3.8, 4) is 0 Å². The molecule has 0 bridgehead atoms. The van der Waals surface area contributed by atoms with E-state index in [1.165, 1.54) is 19.0 Å². The summed E-state index contributed by atoms with van der Waals surface area (Å²) in [5, 5.41) is 7.08. The Morgan fingerprint density at radius 3 is 2.76 bits per heavy atom. The van der Waals surface area contributed by atoms with E-state index in [0.29, 0.717) is 6.54 Å². The average molecular weight is 316 g/mol. The van der Waals surface area contributed by atoms with Crippen LogP contribution in [-0.2, 0) is 16.6 Å². The predicted octanol–water partition coefficient (Wildman–Crippen LogP) is 1.74. The van der Waals surface area contributed by atoms with Crippen LogP contribution in [0.5, 0.6) is 0 Å². The second kappa shape index (κ2) is 9.17. The molecule has 1 heterocycles. The van der Waals surface area contributed by atoms with Crippen LogP contribution < -0.4 is 10.0 Å². The molecule has 0 spiro atoms. The van der Waals surface area contributed by atoms with E-state index in [9.17, 15) is 8.42 Å². The van der Waals surface area contributed by atoms with Gasteiger partial charge in [0.2, 0.25) is 10.0 Å². The fourth-order valence-electron chi connectivity index (χ4n) is 2.10. The van der Waals surface area contributed by atoms with Crippen molar-refractivity contribution in [1.82, 2.24) is 19.8 Å². The minimum Gasteiger partial charge on any atom is -0.318 e. The normalized spacial score (nSPS) is 13.5. The number of nitrogens with zero attached hydrogens (tertiary/aromatic N) is 2. The molecule has 1 unspecified atom stereocenters. The van der Waals surface area contributed by atoms with Crippen LogP contribution in [0.1, 0.15) is 46.0 Å². The molecule has 1 atom stereocenters. The van der Waals surface area contributed by atoms with Gasteiger partial charge in [-0.1, -0.05) is 32.6 Å². The van der Waals surface area contributed by atoms with Crippen molar-refractivity contribution >= 4 is 10.0 Å². The summed E-state index contributed by atoms with van der Waals surface area (Å²) in [4.78, 5) is 0.235. The summed E-state index contributed by atoms with van der Waals surface area (Å²) in [5.41, 5.74) is 0. The van der Waals surface area contributed by atoms with Crippen LogP contribution in [0.2, 0.25) is 0 Å². The smallest absolute Gasteiger partial charge is 0.243 e. The number of likely N-dealkylation sites (N-methyl/N-ethyl adjacent to an activating group) is 1. The lowest BCUT2D eigenvalue weighted by molar-refractivity contribution is 0.521. The number of aromatic nitrogens is 2. The number of unbranched alkanes of at least 4 members (excludes halogenated alkanes) is 3. The summed E-state index contributed by atoms with van der Waals surface area (Å²) in [6, 6.07) is -0.0486. The van der Waals surface area contributed by atoms with Gasteiger partial charge in [0.15, 0.2) is 0 Å². The number of hydrogen-bond acceptors (Lipinski definition) is 4. The van der Waals surface area contributed by atoms with Crippen molar-refractivity contribution in [2.45, 2.75) is 63.4 Å². The molecule has 0 saturated heterocycles. The molecule has 0 aromatic carbocycles. The fourth-order valence-corrected chi connectivity index (χ4v) is 3.33. The van der Waals surface area contributed by atoms with E-state index in [1.54, 1.807) is 10.9 Å². The topological polar surface area (TPSA) is 76.0 Å². The molecule has 1 rings (SSSR count). The molecular formula is C14H28N4O2S. The van der Waals surface area contributed by atoms with Gasteiger partial charge in [0.05, 0.1) is 12.7 Å². The SMILES string of the molecule is CCCCCCC(C)NS(=O)(=O)c1cnn(CCNC)c1. The summed E-state index contributed by atoms with van der Waals surface area (Å²) in [7, 11) is -1.61. The van der Waals surface area contributed by atoms with Crippen LogP contribution in [-0.4, -0.2) is 37.8 Å². The number of hydrogen-bond donors (Lipinski definition) is 2. The maximum absolute atomic E-state index is 12.2. The molecule has 0 fully saturated rings. The first-order valence-corrected chi connectivity index (χ1v) is 9.17. The third-order valence-electron chi connectivity index (χ3n) is 3.36. The van der Waals surface area contributed by atoms with Crippen molar-refractivity contribution in [3.63, 3.8) is 0 Å². The summed E-state index contributed by atoms with van der Waals surface area (Å²) < 4.78 is 28.8. The summed E-state index contributed by atoms with van der Waals surface area (Å²) in [6.45, 7) is 5.48. The minimum absolute atomic E-state index is 0.0486. The van der Waals surface area contributed by atoms with Gasteiger partial charge in [-0.05, 0) is 20.4 Å². The van der Waals surface area contributed by atoms with Gasteiger partial charge >= 0.3 is 0 Å². The van der Waals surface area contributed by atoms with Gasteiger partial charge in [-0.15, -0.1) is 0 Å². The Morgan fingerprint density at radius 1 is 1.33 bits per heavy atom. The zero-order chi connectivity index (χ0) is 15.7. The molecule has 122 valence electrons. The van der Waals surface area contributed by atoms with Crippen molar-refractivity contribution in [2.75, 3.05) is 13.6 Å². The lowest BCUT2D eigenvalue weighted by atomic mass is 10.1. The molecule has 0 saturated carbocycles. The average Bonchev–Trinajstić information content (AvgIpc) is 2.90. The number of nitrogens with one attached hydrogen (secondary N) is 2. The third-order valence-corrected chi connectivity index (χ3v) is 4.90. The van der Waals surface area contributed by atoms with Crippen LogP contribution in [0, 0.1) is 0 Å². The van der Waals surface area contributed by atoms with E-state index >= 15 is 0 Å². The van der Waals surface area contributed by atoms with Crippen molar-refractivity contribution in [3.05, 3.63) is 12.4 Å². The Labute approximate surface area is 128 Å². The van der Waals surface area contributed by atoms with Gasteiger partial charge < -0.3 is 5.32 Å². The van der Waals surface area contributed by atoms with Crippen LogP contribution in [0.15, 0.2) is 17.3 Å². The molecule has 6 nitrogen and oxygen atoms in total. The quantitative estimate of drug-likeness (QED) is 0.610. The molecule has 1 aromatic rings. The first-order chi connectivity index (χ1) is 9.99. The van der Waals surface area contributed by atoms with E-state index in [0.717, 1.165) is 25.8 Å². The second-order valence-corrected chi connectivity index (χ2v) is 7.13. The second-order valence-electron chi connectivity index (χ2n) is 5.41. The highest BCUT2D eigenvalue weighted by molar-refractivity contribution is 7.89. The molecular weight excluding hydrogens is 288 g/mol. The minimum atomic E-state index is -3.46. The van der Waals surface area contributed by atoms with Crippen LogP contribution in [0.3, 0.4) is 0 Å². The molecule has 0 aliphatic heterocycles. The number of sulfonamides is 1. The largest absolute Gasteiger partial charge is 0.318 e. The highest BCUT2D eigenvalue weighted by Crippen LogP contribution is 2.11. The predicted molar refractivity (Wildman–Crippen MR) is 84.7 cm³/mol. The van der Waals surface area contributed by atoms with Gasteiger partial charge in [0.25, 0.3) is 0 Å². The summed E-state index contributed by atoms with van der Waals surface area (Å²) in [6.07, 6.45) is 8.45. The summed E-state index contributed by atoms with van der Waals surface area (Å²) in [5.74, 6) is 0. The van der Waals surface area contributed by atoms with Crippen LogP contribution in [0.25, 0.3) is 0 Å². The standard InChI is InChI=1S/C14H28N4O2S/c1-4-5-6-7-8-13(2)17-21(19,20)14-11-16-18(12-14)10-9-15-3/h11-13,15,17H,4-10H2,1-3H3. The molecule has 7 heteroatoms. The van der Waals surface area contributed by atoms with Gasteiger partial charge in [-0.3, -0.25) is 4.68 Å². The maximum Gasteiger partial charge on any atom is 0.243 e. The van der Waals surface area contributed by atoms with Gasteiger partial charge in [-0.25, -0.2) is 13.1 Å². The maximum atomic E-state index is 12.2. The molecule has 0 amide bonds. The van der Waals surface area contributed by atoms with Gasteiger partial charge in [0, 0.05) is 18.8 Å². The Hall–Kier alpha value is -0.920. The molecule has 0 radical (unpaired) electrons. The molecule has 21 heavy (non-hydrogen) atoms. The molecule has 1 aromatic heterocycles. The molecule has 2 N–H and O–H groups in total. The van der Waals surface area contributed by atoms with Gasteiger partial charge in [-0.2, -0.15) is 5.10 Å². The van der Waals surface area contributed by atoms with Crippen LogP contribution in [0.4, 0.5) is 0 Å². The van der Waals surface area contributed by atoms with E-state index in [1.807, 2.05) is 14.0 Å². The Balaban J connectivity index is 2.50. The zero-order valence-corrected chi connectivity index (χ0v) is 14.1. The monoisotopic (exact) mass is 316 g/mol. The molecule has 0 aliphatic rings. The van der Waals surface area contributed by atoms with E-state index in [2.05, 4.69) is 22.1 Å². The summed E-state index contributed by atoms with van der Waals surface area (Å²) >= 11 is 0. The first kappa shape index (κ1) is 18.1. The van der Waals surface area contributed by atoms with E-state index < -0.39 is 10.0 Å². The van der Waals surface area contributed by atoms with Crippen molar-refractivity contribution in [2.24, 2.45) is 0 Å². The lowest BCUT2D eigenvalue weighted by Gasteiger charge is -2.13. The number of rotatable bonds is 11. The first-order valence-electron chi connectivity index (χ1n) is 7.69.